The number of carbonyl (C=O) groups excluding carboxylic acids is 2. The lowest BCUT2D eigenvalue weighted by Gasteiger charge is -2.29. The molecule has 0 aliphatic carbocycles. The van der Waals surface area contributed by atoms with Crippen molar-refractivity contribution in [3.63, 3.8) is 0 Å². The molecule has 3 heterocycles. The van der Waals surface area contributed by atoms with E-state index in [4.69, 9.17) is 0 Å². The van der Waals surface area contributed by atoms with Gasteiger partial charge in [-0.1, -0.05) is 48.0 Å². The Morgan fingerprint density at radius 2 is 1.85 bits per heavy atom. The van der Waals surface area contributed by atoms with Crippen molar-refractivity contribution in [2.24, 2.45) is 0 Å². The van der Waals surface area contributed by atoms with E-state index in [1.165, 1.54) is 5.56 Å². The number of aryl methyl sites for hydroxylation is 1. The summed E-state index contributed by atoms with van der Waals surface area (Å²) >= 11 is 0. The predicted octanol–water partition coefficient (Wildman–Crippen LogP) is 3.74. The highest BCUT2D eigenvalue weighted by atomic mass is 16.2. The van der Waals surface area contributed by atoms with Crippen LogP contribution in [-0.2, 0) is 17.8 Å². The van der Waals surface area contributed by atoms with E-state index in [9.17, 15) is 9.59 Å². The van der Waals surface area contributed by atoms with E-state index < -0.39 is 0 Å². The molecule has 2 aliphatic heterocycles. The van der Waals surface area contributed by atoms with Gasteiger partial charge in [-0.3, -0.25) is 19.5 Å². The maximum absolute atomic E-state index is 13.4. The SMILES string of the molecule is Cc1ccc(CC(=O)NCC2CCC3CN(C(=O)c4cccnc4)c4ccccc4CN23)cc1. The topological polar surface area (TPSA) is 65.5 Å². The zero-order valence-electron chi connectivity index (χ0n) is 19.5. The molecule has 2 aromatic carbocycles. The van der Waals surface area contributed by atoms with Gasteiger partial charge in [0.25, 0.3) is 5.91 Å². The first-order chi connectivity index (χ1) is 16.6. The van der Waals surface area contributed by atoms with Crippen molar-refractivity contribution in [3.8, 4) is 0 Å². The summed E-state index contributed by atoms with van der Waals surface area (Å²) in [5, 5.41) is 3.16. The molecular weight excluding hydrogens is 424 g/mol. The molecule has 1 fully saturated rings. The first kappa shape index (κ1) is 22.3. The van der Waals surface area contributed by atoms with E-state index in [0.29, 0.717) is 25.1 Å². The van der Waals surface area contributed by atoms with Gasteiger partial charge >= 0.3 is 0 Å². The Labute approximate surface area is 200 Å². The van der Waals surface area contributed by atoms with Gasteiger partial charge in [0.1, 0.15) is 0 Å². The molecule has 6 nitrogen and oxygen atoms in total. The zero-order chi connectivity index (χ0) is 23.5. The number of hydrogen-bond donors (Lipinski definition) is 1. The standard InChI is InChI=1S/C28H30N4O2/c1-20-8-10-21(11-9-20)15-27(33)30-17-24-12-13-25-19-32(28(34)22-6-4-14-29-16-22)26-7-3-2-5-23(26)18-31(24)25/h2-11,14,16,24-25H,12-13,15,17-19H2,1H3,(H,30,33). The van der Waals surface area contributed by atoms with Gasteiger partial charge in [0.15, 0.2) is 0 Å². The second-order valence-corrected chi connectivity index (χ2v) is 9.31. The molecule has 2 amide bonds. The first-order valence-electron chi connectivity index (χ1n) is 12.0. The van der Waals surface area contributed by atoms with Crippen LogP contribution in [0.2, 0.25) is 0 Å². The van der Waals surface area contributed by atoms with Crippen LogP contribution < -0.4 is 10.2 Å². The molecule has 5 rings (SSSR count). The maximum atomic E-state index is 13.4. The van der Waals surface area contributed by atoms with Gasteiger partial charge in [-0.25, -0.2) is 0 Å². The van der Waals surface area contributed by atoms with E-state index in [2.05, 4.69) is 21.3 Å². The summed E-state index contributed by atoms with van der Waals surface area (Å²) in [5.74, 6) is 0.0353. The lowest BCUT2D eigenvalue weighted by atomic mass is 10.1. The number of amides is 2. The highest BCUT2D eigenvalue weighted by Gasteiger charge is 2.39. The van der Waals surface area contributed by atoms with Crippen LogP contribution in [0.3, 0.4) is 0 Å². The molecular formula is C28H30N4O2. The lowest BCUT2D eigenvalue weighted by Crippen LogP contribution is -2.46. The normalized spacial score (nSPS) is 19.7. The fourth-order valence-electron chi connectivity index (χ4n) is 5.12. The van der Waals surface area contributed by atoms with E-state index in [1.54, 1.807) is 18.5 Å². The third-order valence-electron chi connectivity index (χ3n) is 6.97. The molecule has 6 heteroatoms. The van der Waals surface area contributed by atoms with Gasteiger partial charge in [0.2, 0.25) is 5.91 Å². The van der Waals surface area contributed by atoms with Crippen molar-refractivity contribution in [2.75, 3.05) is 18.0 Å². The van der Waals surface area contributed by atoms with Crippen LogP contribution in [0.5, 0.6) is 0 Å². The van der Waals surface area contributed by atoms with Crippen LogP contribution >= 0.6 is 0 Å². The van der Waals surface area contributed by atoms with Gasteiger partial charge in [-0.2, -0.15) is 0 Å². The number of benzene rings is 2. The summed E-state index contributed by atoms with van der Waals surface area (Å²) in [6, 6.07) is 20.4. The monoisotopic (exact) mass is 454 g/mol. The number of aromatic nitrogens is 1. The minimum absolute atomic E-state index is 0.0164. The van der Waals surface area contributed by atoms with Crippen LogP contribution in [0.1, 0.15) is 39.9 Å². The van der Waals surface area contributed by atoms with Gasteiger partial charge in [0.05, 0.1) is 12.0 Å². The van der Waals surface area contributed by atoms with Crippen molar-refractivity contribution in [1.82, 2.24) is 15.2 Å². The van der Waals surface area contributed by atoms with Gasteiger partial charge in [0, 0.05) is 49.8 Å². The Kier molecular flexibility index (Phi) is 6.41. The number of nitrogens with zero attached hydrogens (tertiary/aromatic N) is 3. The third kappa shape index (κ3) is 4.73. The predicted molar refractivity (Wildman–Crippen MR) is 133 cm³/mol. The van der Waals surface area contributed by atoms with Crippen molar-refractivity contribution in [3.05, 3.63) is 95.3 Å². The summed E-state index contributed by atoms with van der Waals surface area (Å²) in [6.45, 7) is 4.08. The fourth-order valence-corrected chi connectivity index (χ4v) is 5.12. The van der Waals surface area contributed by atoms with E-state index in [1.807, 2.05) is 60.4 Å². The number of pyridine rings is 1. The second-order valence-electron chi connectivity index (χ2n) is 9.31. The third-order valence-corrected chi connectivity index (χ3v) is 6.97. The summed E-state index contributed by atoms with van der Waals surface area (Å²) in [4.78, 5) is 34.5. The minimum atomic E-state index is -0.0164. The molecule has 0 saturated carbocycles. The Bertz CT molecular complexity index is 1160. The Morgan fingerprint density at radius 1 is 1.03 bits per heavy atom. The molecule has 3 aromatic rings. The molecule has 0 radical (unpaired) electrons. The second kappa shape index (κ2) is 9.77. The number of nitrogens with one attached hydrogen (secondary N) is 1. The molecule has 2 aliphatic rings. The Morgan fingerprint density at radius 3 is 2.65 bits per heavy atom. The molecule has 2 unspecified atom stereocenters. The molecule has 2 atom stereocenters. The smallest absolute Gasteiger partial charge is 0.259 e. The summed E-state index contributed by atoms with van der Waals surface area (Å²) in [5.41, 5.74) is 4.93. The maximum Gasteiger partial charge on any atom is 0.259 e. The van der Waals surface area contributed by atoms with Crippen LogP contribution in [0, 0.1) is 6.92 Å². The van der Waals surface area contributed by atoms with Gasteiger partial charge in [-0.15, -0.1) is 0 Å². The van der Waals surface area contributed by atoms with E-state index in [0.717, 1.165) is 36.2 Å². The number of fused-ring (bicyclic) bond motifs is 2. The number of anilines is 1. The molecule has 1 N–H and O–H groups in total. The zero-order valence-corrected chi connectivity index (χ0v) is 19.5. The van der Waals surface area contributed by atoms with Crippen LogP contribution in [-0.4, -0.2) is 46.9 Å². The first-order valence-corrected chi connectivity index (χ1v) is 12.0. The summed E-state index contributed by atoms with van der Waals surface area (Å²) in [7, 11) is 0. The number of para-hydroxylation sites is 1. The highest BCUT2D eigenvalue weighted by Crippen LogP contribution is 2.35. The average molecular weight is 455 g/mol. The Hall–Kier alpha value is -3.51. The lowest BCUT2D eigenvalue weighted by molar-refractivity contribution is -0.120. The molecule has 0 spiro atoms. The van der Waals surface area contributed by atoms with E-state index in [-0.39, 0.29) is 23.9 Å². The van der Waals surface area contributed by atoms with Crippen molar-refractivity contribution in [1.29, 1.82) is 0 Å². The highest BCUT2D eigenvalue weighted by molar-refractivity contribution is 6.06. The number of carbonyl (C=O) groups is 2. The quantitative estimate of drug-likeness (QED) is 0.638. The van der Waals surface area contributed by atoms with Crippen molar-refractivity contribution in [2.45, 2.75) is 44.8 Å². The van der Waals surface area contributed by atoms with Gasteiger partial charge in [-0.05, 0) is 49.1 Å². The minimum Gasteiger partial charge on any atom is -0.354 e. The van der Waals surface area contributed by atoms with E-state index >= 15 is 0 Å². The molecule has 1 saturated heterocycles. The summed E-state index contributed by atoms with van der Waals surface area (Å²) < 4.78 is 0. The molecule has 174 valence electrons. The fraction of sp³-hybridized carbons (Fsp3) is 0.321. The number of rotatable bonds is 5. The molecule has 1 aromatic heterocycles. The molecule has 0 bridgehead atoms. The average Bonchev–Trinajstić information content (AvgIpc) is 3.15. The van der Waals surface area contributed by atoms with Crippen molar-refractivity contribution < 1.29 is 9.59 Å². The van der Waals surface area contributed by atoms with Gasteiger partial charge < -0.3 is 10.2 Å². The largest absolute Gasteiger partial charge is 0.354 e. The molecule has 34 heavy (non-hydrogen) atoms. The van der Waals surface area contributed by atoms with Crippen LogP contribution in [0.15, 0.2) is 73.1 Å². The Balaban J connectivity index is 1.29. The van der Waals surface area contributed by atoms with Crippen LogP contribution in [0.25, 0.3) is 0 Å². The number of hydrogen-bond acceptors (Lipinski definition) is 4. The summed E-state index contributed by atoms with van der Waals surface area (Å²) in [6.07, 6.45) is 5.72. The van der Waals surface area contributed by atoms with Crippen molar-refractivity contribution >= 4 is 17.5 Å². The van der Waals surface area contributed by atoms with Crippen LogP contribution in [0.4, 0.5) is 5.69 Å².